The second-order valence-corrected chi connectivity index (χ2v) is 11.3. The first-order valence-corrected chi connectivity index (χ1v) is 13.9. The van der Waals surface area contributed by atoms with Gasteiger partial charge >= 0.3 is 0 Å². The van der Waals surface area contributed by atoms with Gasteiger partial charge in [-0.1, -0.05) is 0 Å². The fraction of sp³-hybridized carbons (Fsp3) is 0.281. The molecule has 11 heteroatoms. The van der Waals surface area contributed by atoms with Crippen LogP contribution in [0.3, 0.4) is 0 Å². The van der Waals surface area contributed by atoms with E-state index in [1.54, 1.807) is 43.5 Å². The molecule has 2 aliphatic rings. The first kappa shape index (κ1) is 28.2. The Morgan fingerprint density at radius 2 is 1.95 bits per heavy atom. The van der Waals surface area contributed by atoms with Crippen molar-refractivity contribution in [3.8, 4) is 34.0 Å². The molecule has 1 aliphatic heterocycles. The summed E-state index contributed by atoms with van der Waals surface area (Å²) in [6.45, 7) is 2.94. The van der Waals surface area contributed by atoms with Crippen LogP contribution in [0.2, 0.25) is 0 Å². The van der Waals surface area contributed by atoms with Crippen LogP contribution in [0.15, 0.2) is 67.1 Å². The number of aliphatic hydroxyl groups is 1. The van der Waals surface area contributed by atoms with Gasteiger partial charge in [0.1, 0.15) is 47.0 Å². The van der Waals surface area contributed by atoms with Crippen LogP contribution in [0.25, 0.3) is 22.5 Å². The first-order valence-electron chi connectivity index (χ1n) is 13.9. The molecule has 4 aromatic rings. The van der Waals surface area contributed by atoms with Gasteiger partial charge < -0.3 is 25.6 Å². The van der Waals surface area contributed by atoms with Gasteiger partial charge in [0.25, 0.3) is 5.91 Å². The Morgan fingerprint density at radius 1 is 1.19 bits per heavy atom. The third kappa shape index (κ3) is 5.51. The fourth-order valence-corrected chi connectivity index (χ4v) is 4.90. The number of rotatable bonds is 9. The monoisotopic (exact) mass is 583 g/mol. The molecule has 1 saturated carbocycles. The lowest BCUT2D eigenvalue weighted by atomic mass is 9.82. The molecule has 1 fully saturated rings. The Balaban J connectivity index is 1.30. The number of primary amides is 1. The Labute approximate surface area is 247 Å². The van der Waals surface area contributed by atoms with Crippen molar-refractivity contribution in [2.75, 3.05) is 13.2 Å². The van der Waals surface area contributed by atoms with Gasteiger partial charge in [-0.25, -0.2) is 19.3 Å². The van der Waals surface area contributed by atoms with Gasteiger partial charge in [-0.05, 0) is 81.3 Å². The number of nitrogens with one attached hydrogen (secondary N) is 1. The molecular formula is C32H30FN5O5. The highest BCUT2D eigenvalue weighted by Crippen LogP contribution is 2.45. The molecule has 0 spiro atoms. The molecule has 3 heterocycles. The summed E-state index contributed by atoms with van der Waals surface area (Å²) in [5.74, 6) is -0.500. The predicted molar refractivity (Wildman–Crippen MR) is 155 cm³/mol. The Hall–Kier alpha value is -4.90. The van der Waals surface area contributed by atoms with E-state index in [2.05, 4.69) is 20.3 Å². The normalized spacial score (nSPS) is 18.7. The Kier molecular flexibility index (Phi) is 7.05. The summed E-state index contributed by atoms with van der Waals surface area (Å²) in [7, 11) is 0. The predicted octanol–water partition coefficient (Wildman–Crippen LogP) is 3.66. The largest absolute Gasteiger partial charge is 0.490 e. The molecule has 2 atom stereocenters. The van der Waals surface area contributed by atoms with Gasteiger partial charge in [0.15, 0.2) is 0 Å². The minimum Gasteiger partial charge on any atom is -0.490 e. The summed E-state index contributed by atoms with van der Waals surface area (Å²) in [5.41, 5.74) is 5.99. The molecule has 0 bridgehead atoms. The number of carbonyl (C=O) groups excluding carboxylic acids is 2. The molecule has 2 amide bonds. The lowest BCUT2D eigenvalue weighted by molar-refractivity contribution is -0.123. The molecule has 6 rings (SSSR count). The molecule has 220 valence electrons. The minimum atomic E-state index is -1.68. The molecular weight excluding hydrogens is 553 g/mol. The van der Waals surface area contributed by atoms with E-state index in [0.29, 0.717) is 45.1 Å². The van der Waals surface area contributed by atoms with Gasteiger partial charge in [-0.15, -0.1) is 0 Å². The molecule has 10 nitrogen and oxygen atoms in total. The van der Waals surface area contributed by atoms with Gasteiger partial charge in [0.2, 0.25) is 5.91 Å². The lowest BCUT2D eigenvalue weighted by Gasteiger charge is -2.26. The number of aromatic nitrogens is 3. The SMILES string of the molecule is C[C@](O)(CNC(=O)c1ccc(OC2CC2)c(-c2ccncn2)c1)c1cc2c(c(-c3ccc(F)cc3)n1)OC[C@]2(C)C(N)=O. The van der Waals surface area contributed by atoms with Crippen LogP contribution in [-0.2, 0) is 15.8 Å². The third-order valence-electron chi connectivity index (χ3n) is 7.80. The van der Waals surface area contributed by atoms with Crippen molar-refractivity contribution in [3.63, 3.8) is 0 Å². The van der Waals surface area contributed by atoms with E-state index < -0.39 is 28.6 Å². The van der Waals surface area contributed by atoms with E-state index in [-0.39, 0.29) is 24.9 Å². The summed E-state index contributed by atoms with van der Waals surface area (Å²) in [5, 5.41) is 14.4. The quantitative estimate of drug-likeness (QED) is 0.270. The maximum Gasteiger partial charge on any atom is 0.251 e. The molecule has 2 aromatic heterocycles. The Bertz CT molecular complexity index is 1710. The fourth-order valence-electron chi connectivity index (χ4n) is 4.90. The zero-order valence-corrected chi connectivity index (χ0v) is 23.6. The van der Waals surface area contributed by atoms with Crippen LogP contribution in [0.1, 0.15) is 48.3 Å². The number of nitrogens with zero attached hydrogens (tertiary/aromatic N) is 3. The lowest BCUT2D eigenvalue weighted by Crippen LogP contribution is -2.41. The van der Waals surface area contributed by atoms with E-state index in [1.807, 2.05) is 0 Å². The highest BCUT2D eigenvalue weighted by molar-refractivity contribution is 5.96. The third-order valence-corrected chi connectivity index (χ3v) is 7.80. The number of hydrogen-bond donors (Lipinski definition) is 3. The highest BCUT2D eigenvalue weighted by Gasteiger charge is 2.45. The van der Waals surface area contributed by atoms with Crippen LogP contribution in [-0.4, -0.2) is 51.1 Å². The second kappa shape index (κ2) is 10.7. The van der Waals surface area contributed by atoms with E-state index >= 15 is 0 Å². The summed E-state index contributed by atoms with van der Waals surface area (Å²) in [4.78, 5) is 38.7. The second-order valence-electron chi connectivity index (χ2n) is 11.3. The Morgan fingerprint density at radius 3 is 2.63 bits per heavy atom. The summed E-state index contributed by atoms with van der Waals surface area (Å²) < 4.78 is 25.6. The number of ether oxygens (including phenoxy) is 2. The topological polar surface area (TPSA) is 150 Å². The highest BCUT2D eigenvalue weighted by atomic mass is 19.1. The van der Waals surface area contributed by atoms with E-state index in [1.165, 1.54) is 37.5 Å². The summed E-state index contributed by atoms with van der Waals surface area (Å²) in [6, 6.07) is 14.0. The van der Waals surface area contributed by atoms with Crippen LogP contribution in [0.5, 0.6) is 11.5 Å². The van der Waals surface area contributed by atoms with E-state index in [0.717, 1.165) is 12.8 Å². The molecule has 0 unspecified atom stereocenters. The van der Waals surface area contributed by atoms with Crippen LogP contribution < -0.4 is 20.5 Å². The van der Waals surface area contributed by atoms with Crippen molar-refractivity contribution in [1.29, 1.82) is 0 Å². The molecule has 0 saturated heterocycles. The standard InChI is InChI=1S/C32H30FN5O5/c1-31(30(34)40)16-42-28-23(31)14-26(38-27(28)18-3-6-20(33)7-4-18)32(2,41)15-36-29(39)19-5-10-25(43-21-8-9-21)22(13-19)24-11-12-35-17-37-24/h3-7,10-14,17,21,41H,8-9,15-16H2,1-2H3,(H2,34,40)(H,36,39)/t31-,32-/m0/s1. The maximum atomic E-state index is 13.7. The van der Waals surface area contributed by atoms with Crippen LogP contribution in [0.4, 0.5) is 4.39 Å². The van der Waals surface area contributed by atoms with E-state index in [4.69, 9.17) is 15.2 Å². The van der Waals surface area contributed by atoms with Crippen molar-refractivity contribution in [1.82, 2.24) is 20.3 Å². The first-order chi connectivity index (χ1) is 20.5. The number of fused-ring (bicyclic) bond motifs is 1. The van der Waals surface area contributed by atoms with Gasteiger partial charge in [0.05, 0.1) is 24.0 Å². The molecule has 1 aliphatic carbocycles. The van der Waals surface area contributed by atoms with Crippen molar-refractivity contribution in [2.45, 2.75) is 43.8 Å². The van der Waals surface area contributed by atoms with Crippen molar-refractivity contribution < 1.29 is 28.6 Å². The van der Waals surface area contributed by atoms with Gasteiger partial charge in [-0.2, -0.15) is 0 Å². The van der Waals surface area contributed by atoms with Crippen LogP contribution >= 0.6 is 0 Å². The van der Waals surface area contributed by atoms with Crippen molar-refractivity contribution >= 4 is 11.8 Å². The van der Waals surface area contributed by atoms with Gasteiger partial charge in [-0.3, -0.25) is 9.59 Å². The minimum absolute atomic E-state index is 0.00893. The number of nitrogens with two attached hydrogens (primary N) is 1. The van der Waals surface area contributed by atoms with Gasteiger partial charge in [0, 0.05) is 28.5 Å². The number of amides is 2. The zero-order chi connectivity index (χ0) is 30.4. The average molecular weight is 584 g/mol. The number of halogens is 1. The van der Waals surface area contributed by atoms with Crippen molar-refractivity contribution in [2.24, 2.45) is 5.73 Å². The molecule has 4 N–H and O–H groups in total. The number of hydrogen-bond acceptors (Lipinski definition) is 8. The maximum absolute atomic E-state index is 13.7. The zero-order valence-electron chi connectivity index (χ0n) is 23.6. The average Bonchev–Trinajstić information content (AvgIpc) is 3.76. The number of benzene rings is 2. The smallest absolute Gasteiger partial charge is 0.251 e. The number of pyridine rings is 1. The summed E-state index contributed by atoms with van der Waals surface area (Å²) in [6.07, 6.45) is 5.15. The number of carbonyl (C=O) groups is 2. The molecule has 2 aromatic carbocycles. The van der Waals surface area contributed by atoms with Crippen LogP contribution in [0, 0.1) is 5.82 Å². The van der Waals surface area contributed by atoms with E-state index in [9.17, 15) is 19.1 Å². The molecule has 0 radical (unpaired) electrons. The summed E-state index contributed by atoms with van der Waals surface area (Å²) >= 11 is 0. The molecule has 43 heavy (non-hydrogen) atoms. The van der Waals surface area contributed by atoms with Crippen molar-refractivity contribution in [3.05, 3.63) is 89.8 Å².